The van der Waals surface area contributed by atoms with Crippen LogP contribution in [0.5, 0.6) is 0 Å². The van der Waals surface area contributed by atoms with Crippen molar-refractivity contribution < 1.29 is 4.79 Å². The number of nitrogens with zero attached hydrogens (tertiary/aromatic N) is 3. The van der Waals surface area contributed by atoms with Crippen LogP contribution < -0.4 is 0 Å². The lowest BCUT2D eigenvalue weighted by molar-refractivity contribution is -0.133. The van der Waals surface area contributed by atoms with Gasteiger partial charge in [0.05, 0.1) is 6.42 Å². The molecule has 0 aliphatic carbocycles. The van der Waals surface area contributed by atoms with Gasteiger partial charge in [-0.3, -0.25) is 14.7 Å². The molecular formula is C21H27N3O. The Morgan fingerprint density at radius 3 is 2.64 bits per heavy atom. The van der Waals surface area contributed by atoms with Crippen LogP contribution >= 0.6 is 0 Å². The van der Waals surface area contributed by atoms with Crippen LogP contribution in [0, 0.1) is 5.92 Å². The van der Waals surface area contributed by atoms with Crippen LogP contribution in [0.15, 0.2) is 54.9 Å². The number of carbonyl (C=O) groups excluding carboxylic acids is 1. The van der Waals surface area contributed by atoms with Crippen molar-refractivity contribution in [2.24, 2.45) is 5.92 Å². The Labute approximate surface area is 150 Å². The average Bonchev–Trinajstić information content (AvgIpc) is 2.63. The maximum Gasteiger partial charge on any atom is 0.227 e. The maximum atomic E-state index is 12.6. The first-order chi connectivity index (χ1) is 12.1. The molecule has 1 saturated heterocycles. The molecule has 2 aromatic rings. The van der Waals surface area contributed by atoms with Crippen LogP contribution in [-0.2, 0) is 17.8 Å². The predicted molar refractivity (Wildman–Crippen MR) is 100.0 cm³/mol. The van der Waals surface area contributed by atoms with Gasteiger partial charge in [0.25, 0.3) is 0 Å². The summed E-state index contributed by atoms with van der Waals surface area (Å²) in [6.45, 7) is 5.32. The second-order valence-corrected chi connectivity index (χ2v) is 7.10. The standard InChI is InChI=1S/C21H27N3O/c1-17-15-24(16-18-7-4-3-5-8-18)12-10-20(17)23(2)21(25)13-19-9-6-11-22-14-19/h3-9,11,14,17,20H,10,12-13,15-16H2,1-2H3/t17-,20-/m0/s1. The summed E-state index contributed by atoms with van der Waals surface area (Å²) in [7, 11) is 1.95. The number of aromatic nitrogens is 1. The summed E-state index contributed by atoms with van der Waals surface area (Å²) in [6.07, 6.45) is 4.98. The highest BCUT2D eigenvalue weighted by Crippen LogP contribution is 2.23. The van der Waals surface area contributed by atoms with Crippen LogP contribution in [0.3, 0.4) is 0 Å². The molecule has 4 nitrogen and oxygen atoms in total. The molecule has 0 bridgehead atoms. The SMILES string of the molecule is C[C@H]1CN(Cc2ccccc2)CC[C@@H]1N(C)C(=O)Cc1cccnc1. The molecule has 4 heteroatoms. The lowest BCUT2D eigenvalue weighted by atomic mass is 9.92. The highest BCUT2D eigenvalue weighted by Gasteiger charge is 2.31. The molecule has 1 fully saturated rings. The summed E-state index contributed by atoms with van der Waals surface area (Å²) in [6, 6.07) is 14.8. The van der Waals surface area contributed by atoms with E-state index in [4.69, 9.17) is 0 Å². The molecule has 0 unspecified atom stereocenters. The molecule has 1 aliphatic rings. The van der Waals surface area contributed by atoms with Crippen LogP contribution in [0.4, 0.5) is 0 Å². The minimum Gasteiger partial charge on any atom is -0.342 e. The van der Waals surface area contributed by atoms with Crippen molar-refractivity contribution >= 4 is 5.91 Å². The molecular weight excluding hydrogens is 310 g/mol. The fraction of sp³-hybridized carbons (Fsp3) is 0.429. The number of likely N-dealkylation sites (N-methyl/N-ethyl adjacent to an activating group) is 1. The van der Waals surface area contributed by atoms with E-state index in [1.807, 2.05) is 24.1 Å². The zero-order valence-corrected chi connectivity index (χ0v) is 15.1. The molecule has 25 heavy (non-hydrogen) atoms. The lowest BCUT2D eigenvalue weighted by Gasteiger charge is -2.41. The van der Waals surface area contributed by atoms with Crippen molar-refractivity contribution in [3.8, 4) is 0 Å². The first-order valence-corrected chi connectivity index (χ1v) is 9.04. The number of hydrogen-bond donors (Lipinski definition) is 0. The van der Waals surface area contributed by atoms with Gasteiger partial charge < -0.3 is 4.90 Å². The van der Waals surface area contributed by atoms with Gasteiger partial charge in [0, 0.05) is 45.1 Å². The van der Waals surface area contributed by atoms with Gasteiger partial charge >= 0.3 is 0 Å². The van der Waals surface area contributed by atoms with Crippen LogP contribution in [0.25, 0.3) is 0 Å². The number of pyridine rings is 1. The van der Waals surface area contributed by atoms with Crippen molar-refractivity contribution in [3.63, 3.8) is 0 Å². The van der Waals surface area contributed by atoms with Gasteiger partial charge in [0.2, 0.25) is 5.91 Å². The third-order valence-corrected chi connectivity index (χ3v) is 5.16. The number of hydrogen-bond acceptors (Lipinski definition) is 3. The molecule has 0 saturated carbocycles. The van der Waals surface area contributed by atoms with Gasteiger partial charge in [-0.2, -0.15) is 0 Å². The van der Waals surface area contributed by atoms with Gasteiger partial charge in [-0.05, 0) is 29.5 Å². The number of carbonyl (C=O) groups is 1. The van der Waals surface area contributed by atoms with E-state index in [1.165, 1.54) is 5.56 Å². The topological polar surface area (TPSA) is 36.4 Å². The number of rotatable bonds is 5. The van der Waals surface area contributed by atoms with Crippen molar-refractivity contribution in [1.29, 1.82) is 0 Å². The lowest BCUT2D eigenvalue weighted by Crippen LogP contribution is -2.50. The van der Waals surface area contributed by atoms with Crippen LogP contribution in [0.2, 0.25) is 0 Å². The number of piperidine rings is 1. The van der Waals surface area contributed by atoms with E-state index in [0.29, 0.717) is 18.4 Å². The fourth-order valence-electron chi connectivity index (χ4n) is 3.77. The summed E-state index contributed by atoms with van der Waals surface area (Å²) >= 11 is 0. The van der Waals surface area contributed by atoms with Crippen molar-refractivity contribution in [2.75, 3.05) is 20.1 Å². The van der Waals surface area contributed by atoms with Gasteiger partial charge in [0.1, 0.15) is 0 Å². The van der Waals surface area contributed by atoms with Crippen molar-refractivity contribution in [1.82, 2.24) is 14.8 Å². The van der Waals surface area contributed by atoms with Gasteiger partial charge in [-0.1, -0.05) is 43.3 Å². The van der Waals surface area contributed by atoms with E-state index in [0.717, 1.165) is 31.6 Å². The molecule has 0 spiro atoms. The Hall–Kier alpha value is -2.20. The third kappa shape index (κ3) is 4.67. The average molecular weight is 337 g/mol. The van der Waals surface area contributed by atoms with E-state index < -0.39 is 0 Å². The van der Waals surface area contributed by atoms with Gasteiger partial charge in [0.15, 0.2) is 0 Å². The van der Waals surface area contributed by atoms with Crippen molar-refractivity contribution in [3.05, 3.63) is 66.0 Å². The molecule has 0 N–H and O–H groups in total. The van der Waals surface area contributed by atoms with E-state index in [9.17, 15) is 4.79 Å². The summed E-state index contributed by atoms with van der Waals surface area (Å²) in [5.74, 6) is 0.654. The highest BCUT2D eigenvalue weighted by atomic mass is 16.2. The van der Waals surface area contributed by atoms with E-state index in [-0.39, 0.29) is 5.91 Å². The molecule has 132 valence electrons. The quantitative estimate of drug-likeness (QED) is 0.841. The normalized spacial score (nSPS) is 21.0. The van der Waals surface area contributed by atoms with E-state index in [1.54, 1.807) is 12.4 Å². The summed E-state index contributed by atoms with van der Waals surface area (Å²) in [5, 5.41) is 0. The van der Waals surface area contributed by atoms with Crippen LogP contribution in [-0.4, -0.2) is 46.9 Å². The zero-order chi connectivity index (χ0) is 17.6. The fourth-order valence-corrected chi connectivity index (χ4v) is 3.77. The summed E-state index contributed by atoms with van der Waals surface area (Å²) in [5.41, 5.74) is 2.34. The van der Waals surface area contributed by atoms with E-state index >= 15 is 0 Å². The predicted octanol–water partition coefficient (Wildman–Crippen LogP) is 2.99. The molecule has 1 amide bonds. The number of benzene rings is 1. The molecule has 2 atom stereocenters. The first-order valence-electron chi connectivity index (χ1n) is 9.04. The molecule has 1 aromatic heterocycles. The third-order valence-electron chi connectivity index (χ3n) is 5.16. The monoisotopic (exact) mass is 337 g/mol. The molecule has 1 aliphatic heterocycles. The second kappa shape index (κ2) is 8.26. The van der Waals surface area contributed by atoms with Gasteiger partial charge in [-0.15, -0.1) is 0 Å². The Morgan fingerprint density at radius 1 is 1.20 bits per heavy atom. The summed E-state index contributed by atoms with van der Waals surface area (Å²) < 4.78 is 0. The minimum absolute atomic E-state index is 0.182. The smallest absolute Gasteiger partial charge is 0.227 e. The Morgan fingerprint density at radius 2 is 1.96 bits per heavy atom. The maximum absolute atomic E-state index is 12.6. The molecule has 3 rings (SSSR count). The molecule has 0 radical (unpaired) electrons. The Balaban J connectivity index is 1.54. The van der Waals surface area contributed by atoms with Crippen molar-refractivity contribution in [2.45, 2.75) is 32.4 Å². The summed E-state index contributed by atoms with van der Waals surface area (Å²) in [4.78, 5) is 21.2. The molecule has 1 aromatic carbocycles. The highest BCUT2D eigenvalue weighted by molar-refractivity contribution is 5.78. The largest absolute Gasteiger partial charge is 0.342 e. The minimum atomic E-state index is 0.182. The van der Waals surface area contributed by atoms with E-state index in [2.05, 4.69) is 47.1 Å². The number of amides is 1. The first kappa shape index (κ1) is 17.6. The van der Waals surface area contributed by atoms with Gasteiger partial charge in [-0.25, -0.2) is 0 Å². The zero-order valence-electron chi connectivity index (χ0n) is 15.1. The Bertz CT molecular complexity index is 674. The molecule has 2 heterocycles. The van der Waals surface area contributed by atoms with Crippen LogP contribution in [0.1, 0.15) is 24.5 Å². The Kier molecular flexibility index (Phi) is 5.82. The second-order valence-electron chi connectivity index (χ2n) is 7.10. The number of likely N-dealkylation sites (tertiary alicyclic amines) is 1.